The molecule has 1 aliphatic heterocycles. The molecule has 0 radical (unpaired) electrons. The highest BCUT2D eigenvalue weighted by Crippen LogP contribution is 2.20. The van der Waals surface area contributed by atoms with Crippen molar-refractivity contribution >= 4 is 5.82 Å². The second-order valence-electron chi connectivity index (χ2n) is 4.18. The SMILES string of the molecule is CCOC1CCCN(c2cc(C#N)ccn2)C1. The first kappa shape index (κ1) is 11.9. The summed E-state index contributed by atoms with van der Waals surface area (Å²) in [6.07, 6.45) is 4.21. The molecule has 0 aliphatic carbocycles. The fraction of sp³-hybridized carbons (Fsp3) is 0.538. The minimum Gasteiger partial charge on any atom is -0.377 e. The van der Waals surface area contributed by atoms with Gasteiger partial charge in [0, 0.05) is 25.9 Å². The Labute approximate surface area is 102 Å². The summed E-state index contributed by atoms with van der Waals surface area (Å²) in [5, 5.41) is 8.88. The number of nitriles is 1. The average molecular weight is 231 g/mol. The quantitative estimate of drug-likeness (QED) is 0.798. The molecular weight excluding hydrogens is 214 g/mol. The van der Waals surface area contributed by atoms with Crippen LogP contribution in [0.5, 0.6) is 0 Å². The maximum atomic E-state index is 8.88. The standard InChI is InChI=1S/C13H17N3O/c1-2-17-12-4-3-7-16(10-12)13-8-11(9-14)5-6-15-13/h5-6,8,12H,2-4,7,10H2,1H3. The molecule has 1 saturated heterocycles. The smallest absolute Gasteiger partial charge is 0.129 e. The number of anilines is 1. The van der Waals surface area contributed by atoms with Gasteiger partial charge in [-0.05, 0) is 31.9 Å². The van der Waals surface area contributed by atoms with Gasteiger partial charge in [0.25, 0.3) is 0 Å². The van der Waals surface area contributed by atoms with E-state index in [1.807, 2.05) is 13.0 Å². The minimum atomic E-state index is 0.293. The third kappa shape index (κ3) is 2.95. The van der Waals surface area contributed by atoms with E-state index in [0.717, 1.165) is 38.4 Å². The molecular formula is C13H17N3O. The van der Waals surface area contributed by atoms with Gasteiger partial charge in [-0.25, -0.2) is 4.98 Å². The van der Waals surface area contributed by atoms with Gasteiger partial charge in [0.15, 0.2) is 0 Å². The molecule has 4 nitrogen and oxygen atoms in total. The molecule has 0 saturated carbocycles. The van der Waals surface area contributed by atoms with Gasteiger partial charge >= 0.3 is 0 Å². The van der Waals surface area contributed by atoms with Crippen molar-refractivity contribution in [2.45, 2.75) is 25.9 Å². The third-order valence-electron chi connectivity index (χ3n) is 2.98. The van der Waals surface area contributed by atoms with E-state index in [2.05, 4.69) is 16.0 Å². The monoisotopic (exact) mass is 231 g/mol. The van der Waals surface area contributed by atoms with Gasteiger partial charge in [-0.1, -0.05) is 0 Å². The summed E-state index contributed by atoms with van der Waals surface area (Å²) in [7, 11) is 0. The lowest BCUT2D eigenvalue weighted by molar-refractivity contribution is 0.0525. The van der Waals surface area contributed by atoms with Crippen LogP contribution in [0.1, 0.15) is 25.3 Å². The van der Waals surface area contributed by atoms with Gasteiger partial charge in [-0.2, -0.15) is 5.26 Å². The zero-order valence-corrected chi connectivity index (χ0v) is 10.1. The average Bonchev–Trinajstić information content (AvgIpc) is 2.40. The summed E-state index contributed by atoms with van der Waals surface area (Å²) in [4.78, 5) is 6.52. The first-order valence-electron chi connectivity index (χ1n) is 6.06. The van der Waals surface area contributed by atoms with Crippen molar-refractivity contribution in [3.8, 4) is 6.07 Å². The zero-order valence-electron chi connectivity index (χ0n) is 10.1. The molecule has 1 fully saturated rings. The molecule has 4 heteroatoms. The van der Waals surface area contributed by atoms with Crippen LogP contribution in [0.15, 0.2) is 18.3 Å². The van der Waals surface area contributed by atoms with Crippen LogP contribution in [0.3, 0.4) is 0 Å². The van der Waals surface area contributed by atoms with Crippen LogP contribution in [0.25, 0.3) is 0 Å². The highest BCUT2D eigenvalue weighted by molar-refractivity contribution is 5.45. The van der Waals surface area contributed by atoms with Crippen molar-refractivity contribution in [1.82, 2.24) is 4.98 Å². The fourth-order valence-electron chi connectivity index (χ4n) is 2.18. The van der Waals surface area contributed by atoms with E-state index < -0.39 is 0 Å². The van der Waals surface area contributed by atoms with Crippen LogP contribution in [-0.4, -0.2) is 30.8 Å². The normalized spacial score (nSPS) is 20.0. The lowest BCUT2D eigenvalue weighted by Crippen LogP contribution is -2.40. The molecule has 1 aromatic rings. The molecule has 17 heavy (non-hydrogen) atoms. The number of aromatic nitrogens is 1. The lowest BCUT2D eigenvalue weighted by atomic mass is 10.1. The van der Waals surface area contributed by atoms with Gasteiger partial charge in [0.2, 0.25) is 0 Å². The summed E-state index contributed by atoms with van der Waals surface area (Å²) in [5.41, 5.74) is 0.661. The van der Waals surface area contributed by atoms with Crippen LogP contribution in [0, 0.1) is 11.3 Å². The van der Waals surface area contributed by atoms with E-state index in [4.69, 9.17) is 10.00 Å². The van der Waals surface area contributed by atoms with Gasteiger partial charge < -0.3 is 9.64 Å². The van der Waals surface area contributed by atoms with Crippen LogP contribution in [-0.2, 0) is 4.74 Å². The second-order valence-corrected chi connectivity index (χ2v) is 4.18. The lowest BCUT2D eigenvalue weighted by Gasteiger charge is -2.33. The van der Waals surface area contributed by atoms with Crippen molar-refractivity contribution in [2.75, 3.05) is 24.6 Å². The predicted octanol–water partition coefficient (Wildman–Crippen LogP) is 1.96. The van der Waals surface area contributed by atoms with Crippen LogP contribution in [0.4, 0.5) is 5.82 Å². The van der Waals surface area contributed by atoms with Crippen LogP contribution in [0.2, 0.25) is 0 Å². The summed E-state index contributed by atoms with van der Waals surface area (Å²) in [6, 6.07) is 5.72. The van der Waals surface area contributed by atoms with E-state index in [9.17, 15) is 0 Å². The molecule has 0 N–H and O–H groups in total. The molecule has 1 aromatic heterocycles. The molecule has 90 valence electrons. The summed E-state index contributed by atoms with van der Waals surface area (Å²) >= 11 is 0. The topological polar surface area (TPSA) is 49.1 Å². The number of rotatable bonds is 3. The fourth-order valence-corrected chi connectivity index (χ4v) is 2.18. The number of hydrogen-bond acceptors (Lipinski definition) is 4. The highest BCUT2D eigenvalue weighted by atomic mass is 16.5. The summed E-state index contributed by atoms with van der Waals surface area (Å²) in [6.45, 7) is 4.64. The predicted molar refractivity (Wildman–Crippen MR) is 65.8 cm³/mol. The van der Waals surface area contributed by atoms with E-state index in [1.54, 1.807) is 12.3 Å². The Morgan fingerprint density at radius 3 is 3.29 bits per heavy atom. The molecule has 0 amide bonds. The van der Waals surface area contributed by atoms with E-state index in [1.165, 1.54) is 0 Å². The van der Waals surface area contributed by atoms with Gasteiger partial charge in [-0.3, -0.25) is 0 Å². The van der Waals surface area contributed by atoms with Crippen molar-refractivity contribution in [3.63, 3.8) is 0 Å². The Morgan fingerprint density at radius 2 is 2.53 bits per heavy atom. The molecule has 1 atom stereocenters. The maximum absolute atomic E-state index is 8.88. The van der Waals surface area contributed by atoms with Crippen molar-refractivity contribution in [1.29, 1.82) is 5.26 Å². The third-order valence-corrected chi connectivity index (χ3v) is 2.98. The number of ether oxygens (including phenoxy) is 1. The Kier molecular flexibility index (Phi) is 3.94. The molecule has 1 unspecified atom stereocenters. The van der Waals surface area contributed by atoms with Crippen LogP contribution >= 0.6 is 0 Å². The molecule has 0 aromatic carbocycles. The largest absolute Gasteiger partial charge is 0.377 e. The number of piperidine rings is 1. The van der Waals surface area contributed by atoms with Crippen LogP contribution < -0.4 is 4.90 Å². The van der Waals surface area contributed by atoms with E-state index in [-0.39, 0.29) is 0 Å². The molecule has 0 spiro atoms. The van der Waals surface area contributed by atoms with E-state index in [0.29, 0.717) is 11.7 Å². The second kappa shape index (κ2) is 5.65. The highest BCUT2D eigenvalue weighted by Gasteiger charge is 2.21. The Bertz CT molecular complexity index is 411. The van der Waals surface area contributed by atoms with Gasteiger partial charge in [0.1, 0.15) is 5.82 Å². The first-order valence-corrected chi connectivity index (χ1v) is 6.06. The maximum Gasteiger partial charge on any atom is 0.129 e. The number of nitrogens with zero attached hydrogens (tertiary/aromatic N) is 3. The molecule has 0 bridgehead atoms. The Morgan fingerprint density at radius 1 is 1.65 bits per heavy atom. The van der Waals surface area contributed by atoms with Crippen molar-refractivity contribution in [3.05, 3.63) is 23.9 Å². The minimum absolute atomic E-state index is 0.293. The summed E-state index contributed by atoms with van der Waals surface area (Å²) in [5.74, 6) is 0.883. The Hall–Kier alpha value is -1.60. The van der Waals surface area contributed by atoms with Crippen molar-refractivity contribution < 1.29 is 4.74 Å². The van der Waals surface area contributed by atoms with Gasteiger partial charge in [-0.15, -0.1) is 0 Å². The number of pyridine rings is 1. The Balaban J connectivity index is 2.08. The first-order chi connectivity index (χ1) is 8.33. The molecule has 2 rings (SSSR count). The van der Waals surface area contributed by atoms with Crippen molar-refractivity contribution in [2.24, 2.45) is 0 Å². The molecule has 1 aliphatic rings. The van der Waals surface area contributed by atoms with Gasteiger partial charge in [0.05, 0.1) is 17.7 Å². The summed E-state index contributed by atoms with van der Waals surface area (Å²) < 4.78 is 5.66. The molecule has 2 heterocycles. The zero-order chi connectivity index (χ0) is 12.1. The number of hydrogen-bond donors (Lipinski definition) is 0. The van der Waals surface area contributed by atoms with E-state index >= 15 is 0 Å².